The Balaban J connectivity index is 2.34. The highest BCUT2D eigenvalue weighted by Gasteiger charge is 2.19. The van der Waals surface area contributed by atoms with E-state index in [1.807, 2.05) is 6.07 Å². The van der Waals surface area contributed by atoms with Gasteiger partial charge in [0.05, 0.1) is 7.11 Å². The summed E-state index contributed by atoms with van der Waals surface area (Å²) in [7, 11) is 1.46. The second kappa shape index (κ2) is 3.18. The van der Waals surface area contributed by atoms with Crippen LogP contribution in [0.5, 0.6) is 5.75 Å². The average Bonchev–Trinajstić information content (AvgIpc) is 2.48. The Morgan fingerprint density at radius 2 is 2.15 bits per heavy atom. The molecule has 0 amide bonds. The minimum atomic E-state index is 0.221. The van der Waals surface area contributed by atoms with Crippen molar-refractivity contribution < 1.29 is 14.6 Å². The minimum absolute atomic E-state index is 0.221. The highest BCUT2D eigenvalue weighted by atomic mass is 17.2. The number of fused-ring (bicyclic) bond motifs is 1. The van der Waals surface area contributed by atoms with Crippen LogP contribution in [0, 0.1) is 0 Å². The number of aryl methyl sites for hydroxylation is 1. The van der Waals surface area contributed by atoms with Gasteiger partial charge in [-0.2, -0.15) is 4.89 Å². The minimum Gasteiger partial charge on any atom is -0.338 e. The van der Waals surface area contributed by atoms with Crippen molar-refractivity contribution in [3.63, 3.8) is 0 Å². The molecule has 3 heteroatoms. The lowest BCUT2D eigenvalue weighted by Crippen LogP contribution is -1.93. The number of carbonyl (C=O) groups excluding carboxylic acids is 1. The summed E-state index contributed by atoms with van der Waals surface area (Å²) < 4.78 is 0. The third-order valence-corrected chi connectivity index (χ3v) is 2.18. The van der Waals surface area contributed by atoms with Crippen LogP contribution in [-0.2, 0) is 11.3 Å². The fourth-order valence-corrected chi connectivity index (χ4v) is 1.58. The van der Waals surface area contributed by atoms with E-state index < -0.39 is 0 Å². The molecule has 13 heavy (non-hydrogen) atoms. The predicted molar refractivity (Wildman–Crippen MR) is 46.7 cm³/mol. The molecule has 0 saturated carbocycles. The van der Waals surface area contributed by atoms with E-state index in [9.17, 15) is 4.79 Å². The van der Waals surface area contributed by atoms with Gasteiger partial charge in [0.25, 0.3) is 0 Å². The van der Waals surface area contributed by atoms with E-state index in [-0.39, 0.29) is 5.78 Å². The van der Waals surface area contributed by atoms with Gasteiger partial charge in [0, 0.05) is 12.0 Å². The van der Waals surface area contributed by atoms with Gasteiger partial charge in [-0.25, -0.2) is 0 Å². The lowest BCUT2D eigenvalue weighted by molar-refractivity contribution is -0.178. The Bertz CT molecular complexity index is 344. The Kier molecular flexibility index (Phi) is 2.02. The first kappa shape index (κ1) is 8.26. The van der Waals surface area contributed by atoms with Crippen molar-refractivity contribution in [2.45, 2.75) is 12.8 Å². The summed E-state index contributed by atoms with van der Waals surface area (Å²) >= 11 is 0. The molecular formula is C10H10O3. The maximum absolute atomic E-state index is 11.3. The molecular weight excluding hydrogens is 168 g/mol. The number of Topliss-reactive ketones (excluding diaryl/α,β-unsaturated/α-hetero) is 1. The molecule has 0 radical (unpaired) electrons. The molecule has 0 N–H and O–H groups in total. The van der Waals surface area contributed by atoms with Crippen molar-refractivity contribution in [3.05, 3.63) is 29.3 Å². The summed E-state index contributed by atoms with van der Waals surface area (Å²) in [5.74, 6) is 0.870. The summed E-state index contributed by atoms with van der Waals surface area (Å²) in [4.78, 5) is 20.6. The van der Waals surface area contributed by atoms with Gasteiger partial charge >= 0.3 is 0 Å². The molecule has 1 aromatic rings. The van der Waals surface area contributed by atoms with Gasteiger partial charge in [-0.3, -0.25) is 4.79 Å². The number of ketones is 1. The first-order valence-electron chi connectivity index (χ1n) is 4.18. The summed E-state index contributed by atoms with van der Waals surface area (Å²) in [6.45, 7) is 0. The van der Waals surface area contributed by atoms with E-state index in [1.165, 1.54) is 7.11 Å². The van der Waals surface area contributed by atoms with Crippen LogP contribution in [-0.4, -0.2) is 12.9 Å². The molecule has 0 heterocycles. The molecule has 0 fully saturated rings. The number of hydrogen-bond donors (Lipinski definition) is 0. The van der Waals surface area contributed by atoms with Crippen molar-refractivity contribution in [3.8, 4) is 5.75 Å². The van der Waals surface area contributed by atoms with Crippen LogP contribution in [0.1, 0.15) is 22.3 Å². The van der Waals surface area contributed by atoms with Crippen LogP contribution >= 0.6 is 0 Å². The summed E-state index contributed by atoms with van der Waals surface area (Å²) in [5, 5.41) is 0. The monoisotopic (exact) mass is 178 g/mol. The average molecular weight is 178 g/mol. The molecule has 0 aliphatic heterocycles. The van der Waals surface area contributed by atoms with Crippen molar-refractivity contribution in [1.82, 2.24) is 0 Å². The van der Waals surface area contributed by atoms with Crippen molar-refractivity contribution in [2.24, 2.45) is 0 Å². The highest BCUT2D eigenvalue weighted by molar-refractivity contribution is 6.00. The maximum atomic E-state index is 11.3. The molecule has 2 rings (SSSR count). The highest BCUT2D eigenvalue weighted by Crippen LogP contribution is 2.25. The first-order valence-corrected chi connectivity index (χ1v) is 4.18. The fraction of sp³-hybridized carbons (Fsp3) is 0.300. The topological polar surface area (TPSA) is 35.5 Å². The van der Waals surface area contributed by atoms with E-state index >= 15 is 0 Å². The fourth-order valence-electron chi connectivity index (χ4n) is 1.58. The Morgan fingerprint density at radius 3 is 2.92 bits per heavy atom. The van der Waals surface area contributed by atoms with Crippen molar-refractivity contribution in [1.29, 1.82) is 0 Å². The maximum Gasteiger partial charge on any atom is 0.165 e. The molecule has 0 atom stereocenters. The summed E-state index contributed by atoms with van der Waals surface area (Å²) in [6.07, 6.45) is 1.43. The third kappa shape index (κ3) is 1.42. The Labute approximate surface area is 76.2 Å². The Hall–Kier alpha value is -1.35. The smallest absolute Gasteiger partial charge is 0.165 e. The molecule has 0 spiro atoms. The molecule has 3 nitrogen and oxygen atoms in total. The van der Waals surface area contributed by atoms with Crippen LogP contribution in [0.4, 0.5) is 0 Å². The molecule has 1 aliphatic rings. The zero-order valence-electron chi connectivity index (χ0n) is 7.37. The van der Waals surface area contributed by atoms with Gasteiger partial charge in [0.2, 0.25) is 0 Å². The van der Waals surface area contributed by atoms with Crippen LogP contribution in [0.2, 0.25) is 0 Å². The summed E-state index contributed by atoms with van der Waals surface area (Å²) in [5.41, 5.74) is 1.88. The molecule has 0 saturated heterocycles. The van der Waals surface area contributed by atoms with Gasteiger partial charge in [-0.05, 0) is 30.2 Å². The van der Waals surface area contributed by atoms with E-state index in [2.05, 4.69) is 4.89 Å². The van der Waals surface area contributed by atoms with Gasteiger partial charge in [0.1, 0.15) is 0 Å². The largest absolute Gasteiger partial charge is 0.338 e. The SMILES string of the molecule is COOc1ccc2c(c1)CCC2=O. The van der Waals surface area contributed by atoms with Crippen molar-refractivity contribution >= 4 is 5.78 Å². The molecule has 0 aromatic heterocycles. The van der Waals surface area contributed by atoms with Gasteiger partial charge < -0.3 is 4.89 Å². The second-order valence-corrected chi connectivity index (χ2v) is 2.99. The van der Waals surface area contributed by atoms with E-state index in [0.717, 1.165) is 17.5 Å². The van der Waals surface area contributed by atoms with Gasteiger partial charge in [-0.15, -0.1) is 0 Å². The Morgan fingerprint density at radius 1 is 1.31 bits per heavy atom. The molecule has 68 valence electrons. The number of benzene rings is 1. The van der Waals surface area contributed by atoms with Gasteiger partial charge in [0.15, 0.2) is 11.5 Å². The summed E-state index contributed by atoms with van der Waals surface area (Å²) in [6, 6.07) is 5.38. The molecule has 1 aliphatic carbocycles. The van der Waals surface area contributed by atoms with E-state index in [1.54, 1.807) is 12.1 Å². The van der Waals surface area contributed by atoms with Crippen LogP contribution < -0.4 is 4.89 Å². The lowest BCUT2D eigenvalue weighted by atomic mass is 10.1. The van der Waals surface area contributed by atoms with Crippen LogP contribution in [0.3, 0.4) is 0 Å². The molecule has 0 bridgehead atoms. The number of rotatable bonds is 2. The lowest BCUT2D eigenvalue weighted by Gasteiger charge is -2.02. The molecule has 0 unspecified atom stereocenters. The first-order chi connectivity index (χ1) is 6.31. The normalized spacial score (nSPS) is 14.4. The third-order valence-electron chi connectivity index (χ3n) is 2.18. The number of carbonyl (C=O) groups is 1. The predicted octanol–water partition coefficient (Wildman–Crippen LogP) is 1.76. The second-order valence-electron chi connectivity index (χ2n) is 2.99. The quantitative estimate of drug-likeness (QED) is 0.511. The van der Waals surface area contributed by atoms with Crippen LogP contribution in [0.25, 0.3) is 0 Å². The standard InChI is InChI=1S/C10H10O3/c1-12-13-8-3-4-9-7(6-8)2-5-10(9)11/h3-4,6H,2,5H2,1H3. The van der Waals surface area contributed by atoms with E-state index in [0.29, 0.717) is 12.2 Å². The zero-order valence-corrected chi connectivity index (χ0v) is 7.37. The van der Waals surface area contributed by atoms with Gasteiger partial charge in [-0.1, -0.05) is 0 Å². The van der Waals surface area contributed by atoms with E-state index in [4.69, 9.17) is 4.89 Å². The van der Waals surface area contributed by atoms with Crippen LogP contribution in [0.15, 0.2) is 18.2 Å². The van der Waals surface area contributed by atoms with Crippen molar-refractivity contribution in [2.75, 3.05) is 7.11 Å². The zero-order chi connectivity index (χ0) is 9.26. The number of hydrogen-bond acceptors (Lipinski definition) is 3. The molecule has 1 aromatic carbocycles.